The Kier molecular flexibility index (Phi) is 6.96. The second-order valence-corrected chi connectivity index (χ2v) is 9.23. The number of hydrogen-bond donors (Lipinski definition) is 2. The largest absolute Gasteiger partial charge is 0.427 e. The van der Waals surface area contributed by atoms with Crippen molar-refractivity contribution in [2.24, 2.45) is 5.92 Å². The van der Waals surface area contributed by atoms with Crippen LogP contribution in [0.2, 0.25) is 0 Å². The molecule has 2 aromatic carbocycles. The zero-order valence-electron chi connectivity index (χ0n) is 19.1. The number of amides is 1. The monoisotopic (exact) mass is 448 g/mol. The number of carbonyl (C=O) groups excluding carboxylic acids is 2. The van der Waals surface area contributed by atoms with Crippen molar-refractivity contribution >= 4 is 11.9 Å². The van der Waals surface area contributed by atoms with Crippen molar-refractivity contribution < 1.29 is 19.4 Å². The molecule has 1 aliphatic heterocycles. The molecule has 1 aliphatic carbocycles. The number of carbonyl (C=O) groups is 2. The van der Waals surface area contributed by atoms with E-state index in [1.54, 1.807) is 18.2 Å². The van der Waals surface area contributed by atoms with Gasteiger partial charge in [-0.25, -0.2) is 0 Å². The Hall–Kier alpha value is -2.96. The molecule has 2 N–H and O–H groups in total. The number of esters is 1. The topological polar surface area (TPSA) is 78.9 Å². The number of fused-ring (bicyclic) bond motifs is 1. The lowest BCUT2D eigenvalue weighted by Crippen LogP contribution is -2.61. The molecular weight excluding hydrogens is 416 g/mol. The molecule has 4 atom stereocenters. The van der Waals surface area contributed by atoms with Gasteiger partial charge >= 0.3 is 5.97 Å². The minimum absolute atomic E-state index is 0.00338. The van der Waals surface area contributed by atoms with Gasteiger partial charge in [-0.15, -0.1) is 6.58 Å². The van der Waals surface area contributed by atoms with Crippen LogP contribution in [0.5, 0.6) is 5.75 Å². The molecule has 6 nitrogen and oxygen atoms in total. The first-order valence-electron chi connectivity index (χ1n) is 11.6. The number of aliphatic hydroxyl groups excluding tert-OH is 1. The molecule has 33 heavy (non-hydrogen) atoms. The second-order valence-electron chi connectivity index (χ2n) is 9.23. The van der Waals surface area contributed by atoms with E-state index in [0.29, 0.717) is 17.7 Å². The Morgan fingerprint density at radius 3 is 2.76 bits per heavy atom. The van der Waals surface area contributed by atoms with Crippen molar-refractivity contribution in [2.45, 2.75) is 43.7 Å². The maximum Gasteiger partial charge on any atom is 0.308 e. The number of likely N-dealkylation sites (tertiary alicyclic amines) is 1. The Morgan fingerprint density at radius 1 is 1.24 bits per heavy atom. The van der Waals surface area contributed by atoms with E-state index < -0.39 is 6.10 Å². The maximum atomic E-state index is 12.9. The Morgan fingerprint density at radius 2 is 2.03 bits per heavy atom. The Bertz CT molecular complexity index is 1010. The fourth-order valence-corrected chi connectivity index (χ4v) is 5.64. The lowest BCUT2D eigenvalue weighted by Gasteiger charge is -2.54. The van der Waals surface area contributed by atoms with Gasteiger partial charge in [0.2, 0.25) is 0 Å². The summed E-state index contributed by atoms with van der Waals surface area (Å²) in [6.07, 6.45) is 3.40. The van der Waals surface area contributed by atoms with E-state index in [-0.39, 0.29) is 29.3 Å². The summed E-state index contributed by atoms with van der Waals surface area (Å²) in [4.78, 5) is 26.7. The predicted molar refractivity (Wildman–Crippen MR) is 127 cm³/mol. The summed E-state index contributed by atoms with van der Waals surface area (Å²) in [6.45, 7) is 7.66. The molecule has 1 amide bonds. The number of piperidine rings is 1. The molecular formula is C27H32N2O4. The van der Waals surface area contributed by atoms with E-state index in [1.807, 2.05) is 36.4 Å². The highest BCUT2D eigenvalue weighted by atomic mass is 16.5. The number of nitrogens with zero attached hydrogens (tertiary/aromatic N) is 1. The van der Waals surface area contributed by atoms with Crippen molar-refractivity contribution in [1.82, 2.24) is 10.2 Å². The van der Waals surface area contributed by atoms with Crippen LogP contribution in [0, 0.1) is 5.92 Å². The average molecular weight is 449 g/mol. The number of nitrogens with one attached hydrogen (secondary N) is 1. The van der Waals surface area contributed by atoms with Crippen LogP contribution in [0.1, 0.15) is 42.1 Å². The van der Waals surface area contributed by atoms with Crippen LogP contribution in [-0.4, -0.2) is 53.7 Å². The number of rotatable bonds is 6. The van der Waals surface area contributed by atoms with E-state index in [1.165, 1.54) is 6.92 Å². The van der Waals surface area contributed by atoms with E-state index in [0.717, 1.165) is 38.0 Å². The third kappa shape index (κ3) is 5.02. The number of ether oxygens (including phenoxy) is 1. The normalized spacial score (nSPS) is 27.3. The number of hydrogen-bond acceptors (Lipinski definition) is 5. The van der Waals surface area contributed by atoms with Crippen LogP contribution in [0.4, 0.5) is 0 Å². The van der Waals surface area contributed by atoms with Gasteiger partial charge in [-0.2, -0.15) is 0 Å². The SMILES string of the molecule is C=CCN1CCC2(c3cccc(OC(C)=O)c3)C[C@@H](NC(=O)c3ccccc3)CC(O)C2C1. The molecule has 2 aromatic rings. The van der Waals surface area contributed by atoms with Crippen LogP contribution < -0.4 is 10.1 Å². The first-order valence-corrected chi connectivity index (χ1v) is 11.6. The van der Waals surface area contributed by atoms with Crippen molar-refractivity contribution in [3.05, 3.63) is 78.4 Å². The van der Waals surface area contributed by atoms with Gasteiger partial charge in [-0.1, -0.05) is 36.4 Å². The fourth-order valence-electron chi connectivity index (χ4n) is 5.64. The van der Waals surface area contributed by atoms with Crippen molar-refractivity contribution in [3.8, 4) is 5.75 Å². The minimum Gasteiger partial charge on any atom is -0.427 e. The maximum absolute atomic E-state index is 12.9. The molecule has 2 fully saturated rings. The van der Waals surface area contributed by atoms with Gasteiger partial charge in [0.1, 0.15) is 5.75 Å². The van der Waals surface area contributed by atoms with Crippen LogP contribution in [0.25, 0.3) is 0 Å². The Labute approximate surface area is 195 Å². The Balaban J connectivity index is 1.65. The van der Waals surface area contributed by atoms with Gasteiger partial charge in [0.25, 0.3) is 5.91 Å². The smallest absolute Gasteiger partial charge is 0.308 e. The van der Waals surface area contributed by atoms with Crippen LogP contribution in [0.15, 0.2) is 67.3 Å². The third-order valence-electron chi connectivity index (χ3n) is 7.07. The second kappa shape index (κ2) is 9.89. The molecule has 1 saturated carbocycles. The van der Waals surface area contributed by atoms with Crippen LogP contribution in [0.3, 0.4) is 0 Å². The predicted octanol–water partition coefficient (Wildman–Crippen LogP) is 3.31. The molecule has 3 unspecified atom stereocenters. The quantitative estimate of drug-likeness (QED) is 0.403. The zero-order chi connectivity index (χ0) is 23.4. The summed E-state index contributed by atoms with van der Waals surface area (Å²) >= 11 is 0. The standard InChI is InChI=1S/C27H32N2O4/c1-3-13-29-14-12-27(21-10-7-11-23(15-21)33-19(2)30)17-22(16-25(31)24(27)18-29)28-26(32)20-8-5-4-6-9-20/h3-11,15,22,24-25,31H,1,12-14,16-18H2,2H3,(H,28,32)/t22-,24?,25?,27?/m0/s1. The molecule has 6 heteroatoms. The lowest BCUT2D eigenvalue weighted by molar-refractivity contribution is -0.131. The third-order valence-corrected chi connectivity index (χ3v) is 7.07. The molecule has 0 radical (unpaired) electrons. The van der Waals surface area contributed by atoms with Gasteiger partial charge in [0.05, 0.1) is 6.10 Å². The van der Waals surface area contributed by atoms with Crippen molar-refractivity contribution in [1.29, 1.82) is 0 Å². The van der Waals surface area contributed by atoms with Gasteiger partial charge in [0.15, 0.2) is 0 Å². The summed E-state index contributed by atoms with van der Waals surface area (Å²) in [6, 6.07) is 16.7. The highest BCUT2D eigenvalue weighted by molar-refractivity contribution is 5.94. The summed E-state index contributed by atoms with van der Waals surface area (Å²) in [5.41, 5.74) is 1.32. The summed E-state index contributed by atoms with van der Waals surface area (Å²) in [5.74, 6) is 0.0214. The van der Waals surface area contributed by atoms with Gasteiger partial charge in [-0.05, 0) is 55.6 Å². The molecule has 2 aliphatic rings. The molecule has 1 saturated heterocycles. The molecule has 4 rings (SSSR count). The van der Waals surface area contributed by atoms with E-state index >= 15 is 0 Å². The highest BCUT2D eigenvalue weighted by Gasteiger charge is 2.52. The van der Waals surface area contributed by atoms with Gasteiger partial charge < -0.3 is 15.2 Å². The lowest BCUT2D eigenvalue weighted by atomic mass is 9.57. The molecule has 0 aromatic heterocycles. The van der Waals surface area contributed by atoms with E-state index in [4.69, 9.17) is 4.74 Å². The molecule has 0 spiro atoms. The molecule has 0 bridgehead atoms. The van der Waals surface area contributed by atoms with E-state index in [9.17, 15) is 14.7 Å². The fraction of sp³-hybridized carbons (Fsp3) is 0.407. The summed E-state index contributed by atoms with van der Waals surface area (Å²) in [5, 5.41) is 14.5. The average Bonchev–Trinajstić information content (AvgIpc) is 2.80. The van der Waals surface area contributed by atoms with Crippen LogP contribution >= 0.6 is 0 Å². The van der Waals surface area contributed by atoms with Gasteiger partial charge in [-0.3, -0.25) is 14.5 Å². The number of aliphatic hydroxyl groups is 1. The van der Waals surface area contributed by atoms with E-state index in [2.05, 4.69) is 22.9 Å². The number of benzene rings is 2. The summed E-state index contributed by atoms with van der Waals surface area (Å²) in [7, 11) is 0. The highest BCUT2D eigenvalue weighted by Crippen LogP contribution is 2.49. The van der Waals surface area contributed by atoms with Crippen molar-refractivity contribution in [2.75, 3.05) is 19.6 Å². The van der Waals surface area contributed by atoms with Crippen LogP contribution in [-0.2, 0) is 10.2 Å². The molecule has 1 heterocycles. The van der Waals surface area contributed by atoms with Gasteiger partial charge in [0, 0.05) is 43.0 Å². The first kappa shape index (κ1) is 23.2. The minimum atomic E-state index is -0.565. The zero-order valence-corrected chi connectivity index (χ0v) is 19.1. The molecule has 174 valence electrons. The summed E-state index contributed by atoms with van der Waals surface area (Å²) < 4.78 is 5.36. The van der Waals surface area contributed by atoms with Crippen molar-refractivity contribution in [3.63, 3.8) is 0 Å². The first-order chi connectivity index (χ1) is 15.9.